The second kappa shape index (κ2) is 8.90. The van der Waals surface area contributed by atoms with Crippen LogP contribution in [0.3, 0.4) is 0 Å². The third kappa shape index (κ3) is 4.85. The van der Waals surface area contributed by atoms with Gasteiger partial charge in [-0.15, -0.1) is 6.42 Å². The summed E-state index contributed by atoms with van der Waals surface area (Å²) in [6.45, 7) is 7.89. The van der Waals surface area contributed by atoms with Gasteiger partial charge in [0.25, 0.3) is 0 Å². The highest BCUT2D eigenvalue weighted by Gasteiger charge is 2.22. The zero-order valence-electron chi connectivity index (χ0n) is 14.9. The highest BCUT2D eigenvalue weighted by Crippen LogP contribution is 2.11. The molecule has 25 heavy (non-hydrogen) atoms. The SMILES string of the molecule is C#Cc1ccc(CN2CCN(C(=O)n3cc(N)cn3)CC2)cc1.CC. The van der Waals surface area contributed by atoms with Crippen molar-refractivity contribution in [1.29, 1.82) is 0 Å². The first-order valence-corrected chi connectivity index (χ1v) is 8.53. The Hall–Kier alpha value is -2.78. The Balaban J connectivity index is 0.00000109. The summed E-state index contributed by atoms with van der Waals surface area (Å²) >= 11 is 0. The van der Waals surface area contributed by atoms with Crippen molar-refractivity contribution >= 4 is 11.7 Å². The lowest BCUT2D eigenvalue weighted by atomic mass is 10.1. The third-order valence-electron chi connectivity index (χ3n) is 3.97. The molecule has 1 fully saturated rings. The van der Waals surface area contributed by atoms with Gasteiger partial charge in [0.05, 0.1) is 18.1 Å². The zero-order valence-corrected chi connectivity index (χ0v) is 14.9. The number of nitrogens with two attached hydrogens (primary N) is 1. The van der Waals surface area contributed by atoms with Crippen LogP contribution in [0.1, 0.15) is 25.0 Å². The topological polar surface area (TPSA) is 67.4 Å². The molecule has 1 aliphatic rings. The number of hydrogen-bond acceptors (Lipinski definition) is 4. The lowest BCUT2D eigenvalue weighted by Crippen LogP contribution is -2.49. The van der Waals surface area contributed by atoms with Crippen LogP contribution in [0.25, 0.3) is 0 Å². The number of carbonyl (C=O) groups excluding carboxylic acids is 1. The lowest BCUT2D eigenvalue weighted by Gasteiger charge is -2.34. The number of hydrogen-bond donors (Lipinski definition) is 1. The van der Waals surface area contributed by atoms with Crippen LogP contribution in [0.15, 0.2) is 36.7 Å². The summed E-state index contributed by atoms with van der Waals surface area (Å²) in [5.41, 5.74) is 8.21. The number of benzene rings is 1. The summed E-state index contributed by atoms with van der Waals surface area (Å²) in [4.78, 5) is 16.4. The fraction of sp³-hybridized carbons (Fsp3) is 0.368. The second-order valence-electron chi connectivity index (χ2n) is 5.61. The van der Waals surface area contributed by atoms with E-state index < -0.39 is 0 Å². The number of nitrogens with zero attached hydrogens (tertiary/aromatic N) is 4. The van der Waals surface area contributed by atoms with E-state index in [1.807, 2.05) is 26.0 Å². The summed E-state index contributed by atoms with van der Waals surface area (Å²) in [5.74, 6) is 2.62. The Kier molecular flexibility index (Phi) is 6.61. The summed E-state index contributed by atoms with van der Waals surface area (Å²) in [6.07, 6.45) is 8.39. The average Bonchev–Trinajstić information content (AvgIpc) is 3.10. The van der Waals surface area contributed by atoms with Gasteiger partial charge in [-0.05, 0) is 17.7 Å². The molecule has 132 valence electrons. The fourth-order valence-electron chi connectivity index (χ4n) is 2.65. The minimum Gasteiger partial charge on any atom is -0.396 e. The van der Waals surface area contributed by atoms with Crippen LogP contribution in [0.4, 0.5) is 10.5 Å². The molecule has 0 aliphatic carbocycles. The summed E-state index contributed by atoms with van der Waals surface area (Å²) in [6, 6.07) is 7.90. The number of amides is 1. The van der Waals surface area contributed by atoms with E-state index in [0.717, 1.165) is 25.2 Å². The van der Waals surface area contributed by atoms with Gasteiger partial charge in [-0.1, -0.05) is 31.9 Å². The van der Waals surface area contributed by atoms with Gasteiger partial charge < -0.3 is 10.6 Å². The summed E-state index contributed by atoms with van der Waals surface area (Å²) < 4.78 is 1.30. The van der Waals surface area contributed by atoms with E-state index in [4.69, 9.17) is 12.2 Å². The molecule has 1 saturated heterocycles. The van der Waals surface area contributed by atoms with Crippen molar-refractivity contribution in [1.82, 2.24) is 19.6 Å². The average molecular weight is 339 g/mol. The first-order chi connectivity index (χ1) is 12.2. The van der Waals surface area contributed by atoms with Gasteiger partial charge in [0, 0.05) is 38.3 Å². The maximum Gasteiger partial charge on any atom is 0.344 e. The molecule has 0 spiro atoms. The first-order valence-electron chi connectivity index (χ1n) is 8.53. The second-order valence-corrected chi connectivity index (χ2v) is 5.61. The van der Waals surface area contributed by atoms with E-state index in [2.05, 4.69) is 28.1 Å². The summed E-state index contributed by atoms with van der Waals surface area (Å²) in [5, 5.41) is 3.96. The Morgan fingerprint density at radius 3 is 2.36 bits per heavy atom. The molecule has 2 aromatic rings. The van der Waals surface area contributed by atoms with Gasteiger partial charge in [-0.2, -0.15) is 9.78 Å². The van der Waals surface area contributed by atoms with E-state index in [9.17, 15) is 4.79 Å². The molecule has 2 heterocycles. The van der Waals surface area contributed by atoms with Crippen molar-refractivity contribution in [2.75, 3.05) is 31.9 Å². The van der Waals surface area contributed by atoms with Crippen LogP contribution < -0.4 is 5.73 Å². The minimum absolute atomic E-state index is 0.125. The Morgan fingerprint density at radius 2 is 1.84 bits per heavy atom. The van der Waals surface area contributed by atoms with Gasteiger partial charge >= 0.3 is 6.03 Å². The Labute approximate surface area is 149 Å². The molecule has 2 N–H and O–H groups in total. The predicted octanol–water partition coefficient (Wildman–Crippen LogP) is 2.26. The van der Waals surface area contributed by atoms with Crippen molar-refractivity contribution in [2.45, 2.75) is 20.4 Å². The van der Waals surface area contributed by atoms with E-state index in [-0.39, 0.29) is 6.03 Å². The number of rotatable bonds is 2. The van der Waals surface area contributed by atoms with E-state index in [1.165, 1.54) is 16.4 Å². The number of aromatic nitrogens is 2. The quantitative estimate of drug-likeness (QED) is 0.852. The molecule has 0 atom stereocenters. The highest BCUT2D eigenvalue weighted by atomic mass is 16.2. The molecule has 6 heteroatoms. The normalized spacial score (nSPS) is 14.4. The monoisotopic (exact) mass is 339 g/mol. The van der Waals surface area contributed by atoms with Crippen LogP contribution in [-0.4, -0.2) is 51.8 Å². The number of carbonyl (C=O) groups is 1. The van der Waals surface area contributed by atoms with Crippen LogP contribution in [0.5, 0.6) is 0 Å². The van der Waals surface area contributed by atoms with E-state index in [0.29, 0.717) is 18.8 Å². The van der Waals surface area contributed by atoms with Crippen molar-refractivity contribution < 1.29 is 4.79 Å². The number of piperazine rings is 1. The van der Waals surface area contributed by atoms with Crippen molar-refractivity contribution in [2.24, 2.45) is 0 Å². The lowest BCUT2D eigenvalue weighted by molar-refractivity contribution is 0.134. The maximum atomic E-state index is 12.3. The fourth-order valence-corrected chi connectivity index (χ4v) is 2.65. The van der Waals surface area contributed by atoms with Crippen LogP contribution >= 0.6 is 0 Å². The Bertz CT molecular complexity index is 721. The van der Waals surface area contributed by atoms with E-state index in [1.54, 1.807) is 11.1 Å². The smallest absolute Gasteiger partial charge is 0.344 e. The van der Waals surface area contributed by atoms with Gasteiger partial charge in [-0.25, -0.2) is 4.79 Å². The number of terminal acetylenes is 1. The molecule has 0 bridgehead atoms. The molecular weight excluding hydrogens is 314 g/mol. The van der Waals surface area contributed by atoms with Crippen molar-refractivity contribution in [3.05, 3.63) is 47.8 Å². The van der Waals surface area contributed by atoms with Crippen LogP contribution in [0, 0.1) is 12.3 Å². The minimum atomic E-state index is -0.125. The standard InChI is InChI=1S/C17H19N5O.C2H6/c1-2-14-3-5-15(6-4-14)12-20-7-9-21(10-8-20)17(23)22-13-16(18)11-19-22;1-2/h1,3-6,11,13H,7-10,12,18H2;1-2H3. The molecule has 0 saturated carbocycles. The van der Waals surface area contributed by atoms with Crippen molar-refractivity contribution in [3.63, 3.8) is 0 Å². The molecule has 0 unspecified atom stereocenters. The molecular formula is C19H25N5O. The van der Waals surface area contributed by atoms with Crippen LogP contribution in [0.2, 0.25) is 0 Å². The summed E-state index contributed by atoms with van der Waals surface area (Å²) in [7, 11) is 0. The van der Waals surface area contributed by atoms with Gasteiger partial charge in [-0.3, -0.25) is 4.90 Å². The van der Waals surface area contributed by atoms with Gasteiger partial charge in [0.2, 0.25) is 0 Å². The van der Waals surface area contributed by atoms with Gasteiger partial charge in [0.15, 0.2) is 0 Å². The first kappa shape index (κ1) is 18.6. The molecule has 6 nitrogen and oxygen atoms in total. The number of nitrogen functional groups attached to an aromatic ring is 1. The molecule has 1 aromatic heterocycles. The molecule has 1 aliphatic heterocycles. The van der Waals surface area contributed by atoms with Gasteiger partial charge in [0.1, 0.15) is 0 Å². The van der Waals surface area contributed by atoms with Crippen LogP contribution in [-0.2, 0) is 6.54 Å². The molecule has 3 rings (SSSR count). The highest BCUT2D eigenvalue weighted by molar-refractivity contribution is 5.76. The van der Waals surface area contributed by atoms with Crippen molar-refractivity contribution in [3.8, 4) is 12.3 Å². The van der Waals surface area contributed by atoms with E-state index >= 15 is 0 Å². The number of anilines is 1. The predicted molar refractivity (Wildman–Crippen MR) is 100 cm³/mol. The molecule has 1 amide bonds. The zero-order chi connectivity index (χ0) is 18.2. The third-order valence-corrected chi connectivity index (χ3v) is 3.97. The molecule has 0 radical (unpaired) electrons. The maximum absolute atomic E-state index is 12.3. The Morgan fingerprint density at radius 1 is 1.20 bits per heavy atom. The largest absolute Gasteiger partial charge is 0.396 e. The molecule has 1 aromatic carbocycles.